The predicted molar refractivity (Wildman–Crippen MR) is 55.7 cm³/mol. The number of hydrogen-bond acceptors (Lipinski definition) is 6. The Morgan fingerprint density at radius 3 is 1.95 bits per heavy atom. The van der Waals surface area contributed by atoms with Crippen molar-refractivity contribution in [3.05, 3.63) is 0 Å². The van der Waals surface area contributed by atoms with Crippen molar-refractivity contribution in [1.82, 2.24) is 5.01 Å². The van der Waals surface area contributed by atoms with Crippen molar-refractivity contribution in [2.75, 3.05) is 14.2 Å². The van der Waals surface area contributed by atoms with Crippen molar-refractivity contribution in [3.63, 3.8) is 0 Å². The van der Waals surface area contributed by atoms with E-state index in [1.54, 1.807) is 0 Å². The number of esters is 1. The summed E-state index contributed by atoms with van der Waals surface area (Å²) in [6, 6.07) is 0.881. The summed E-state index contributed by atoms with van der Waals surface area (Å²) >= 11 is 0. The smallest absolute Gasteiger partial charge is 0.429 e. The number of nitrogens with zero attached hydrogens (tertiary/aromatic N) is 4. The molecule has 0 unspecified atom stereocenters. The summed E-state index contributed by atoms with van der Waals surface area (Å²) in [5.41, 5.74) is -10.8. The predicted octanol–water partition coefficient (Wildman–Crippen LogP) is 1.36. The highest BCUT2D eigenvalue weighted by Gasteiger charge is 2.86. The Labute approximate surface area is 119 Å². The zero-order valence-corrected chi connectivity index (χ0v) is 10.9. The van der Waals surface area contributed by atoms with Gasteiger partial charge in [0.2, 0.25) is 5.41 Å². The minimum absolute atomic E-state index is 0.393. The molecule has 120 valence electrons. The molecular weight excluding hydrogens is 322 g/mol. The van der Waals surface area contributed by atoms with Gasteiger partial charge in [-0.3, -0.25) is 5.01 Å². The normalized spacial score (nSPS) is 28.6. The summed E-state index contributed by atoms with van der Waals surface area (Å²) in [4.78, 5) is 11.4. The molecular formula is C10H6F6N4O2. The molecule has 0 spiro atoms. The molecule has 12 heteroatoms. The molecule has 0 aromatic carbocycles. The van der Waals surface area contributed by atoms with Gasteiger partial charge in [-0.25, -0.2) is 4.79 Å². The van der Waals surface area contributed by atoms with E-state index in [0.717, 1.165) is 0 Å². The quantitative estimate of drug-likeness (QED) is 0.535. The molecule has 1 rings (SSSR count). The summed E-state index contributed by atoms with van der Waals surface area (Å²) in [5, 5.41) is 20.2. The van der Waals surface area contributed by atoms with Gasteiger partial charge in [-0.05, 0) is 0 Å². The number of carbonyl (C=O) groups excluding carboxylic acids is 1. The zero-order chi connectivity index (χ0) is 17.6. The number of rotatable bonds is 1. The Morgan fingerprint density at radius 1 is 1.18 bits per heavy atom. The fraction of sp³-hybridized carbons (Fsp3) is 0.600. The second-order valence-corrected chi connectivity index (χ2v) is 4.14. The van der Waals surface area contributed by atoms with Crippen LogP contribution in [0.15, 0.2) is 5.10 Å². The maximum atomic E-state index is 13.4. The molecule has 0 saturated heterocycles. The van der Waals surface area contributed by atoms with Crippen molar-refractivity contribution >= 4 is 11.7 Å². The fourth-order valence-electron chi connectivity index (χ4n) is 2.16. The molecule has 1 aliphatic heterocycles. The molecule has 0 amide bonds. The lowest BCUT2D eigenvalue weighted by molar-refractivity contribution is -0.277. The average molecular weight is 328 g/mol. The minimum atomic E-state index is -5.93. The first-order valence-electron chi connectivity index (χ1n) is 5.24. The standard InChI is InChI=1S/C10H6F6N4O2/c1-20-8(4-18,10(14,15)16)7(3-17,9(11,12)13)5(19-20)6(21)22-2/h1-2H3/t7-,8-/m1/s1. The van der Waals surface area contributed by atoms with Gasteiger partial charge >= 0.3 is 18.3 Å². The molecule has 0 aromatic rings. The minimum Gasteiger partial charge on any atom is -0.464 e. The van der Waals surface area contributed by atoms with Crippen LogP contribution in [0.5, 0.6) is 0 Å². The fourth-order valence-corrected chi connectivity index (χ4v) is 2.16. The number of alkyl halides is 6. The summed E-state index contributed by atoms with van der Waals surface area (Å²) in [7, 11) is 1.01. The van der Waals surface area contributed by atoms with E-state index in [1.165, 1.54) is 0 Å². The molecule has 0 aliphatic carbocycles. The highest BCUT2D eigenvalue weighted by Crippen LogP contribution is 2.58. The molecule has 0 radical (unpaired) electrons. The van der Waals surface area contributed by atoms with Crippen LogP contribution in [0, 0.1) is 28.1 Å². The summed E-state index contributed by atoms with van der Waals surface area (Å²) in [6.07, 6.45) is -11.8. The largest absolute Gasteiger partial charge is 0.464 e. The van der Waals surface area contributed by atoms with Crippen LogP contribution in [0.2, 0.25) is 0 Å². The van der Waals surface area contributed by atoms with Crippen molar-refractivity contribution in [3.8, 4) is 12.1 Å². The summed E-state index contributed by atoms with van der Waals surface area (Å²) in [5.74, 6) is -1.90. The van der Waals surface area contributed by atoms with E-state index in [1.807, 2.05) is 0 Å². The molecule has 1 aliphatic rings. The topological polar surface area (TPSA) is 89.5 Å². The first-order chi connectivity index (χ1) is 9.87. The van der Waals surface area contributed by atoms with E-state index in [0.29, 0.717) is 26.3 Å². The lowest BCUT2D eigenvalue weighted by Crippen LogP contribution is -2.69. The van der Waals surface area contributed by atoms with Crippen LogP contribution < -0.4 is 0 Å². The SMILES string of the molecule is COC(=O)C1=NN(C)[C@@](C#N)(C(F)(F)F)[C@]1(C#N)C(F)(F)F. The maximum Gasteiger partial charge on any atom is 0.429 e. The summed E-state index contributed by atoms with van der Waals surface area (Å²) < 4.78 is 83.9. The maximum absolute atomic E-state index is 13.4. The van der Waals surface area contributed by atoms with Crippen molar-refractivity contribution in [2.24, 2.45) is 10.5 Å². The van der Waals surface area contributed by atoms with Gasteiger partial charge in [0, 0.05) is 7.05 Å². The van der Waals surface area contributed by atoms with Crippen LogP contribution in [0.25, 0.3) is 0 Å². The van der Waals surface area contributed by atoms with Crippen LogP contribution in [-0.4, -0.2) is 48.7 Å². The van der Waals surface area contributed by atoms with E-state index in [4.69, 9.17) is 10.5 Å². The van der Waals surface area contributed by atoms with Gasteiger partial charge in [-0.1, -0.05) is 0 Å². The molecule has 0 bridgehead atoms. The molecule has 6 nitrogen and oxygen atoms in total. The first kappa shape index (κ1) is 17.6. The lowest BCUT2D eigenvalue weighted by atomic mass is 9.67. The van der Waals surface area contributed by atoms with Gasteiger partial charge in [-0.15, -0.1) is 0 Å². The van der Waals surface area contributed by atoms with E-state index in [-0.39, 0.29) is 0 Å². The van der Waals surface area contributed by atoms with Gasteiger partial charge in [0.15, 0.2) is 5.71 Å². The molecule has 22 heavy (non-hydrogen) atoms. The zero-order valence-electron chi connectivity index (χ0n) is 10.9. The number of nitriles is 2. The Hall–Kier alpha value is -2.50. The van der Waals surface area contributed by atoms with Crippen LogP contribution in [-0.2, 0) is 9.53 Å². The third-order valence-corrected chi connectivity index (χ3v) is 3.18. The number of hydrogen-bond donors (Lipinski definition) is 0. The van der Waals surface area contributed by atoms with E-state index in [9.17, 15) is 31.1 Å². The average Bonchev–Trinajstić information content (AvgIpc) is 2.66. The number of halogens is 6. The lowest BCUT2D eigenvalue weighted by Gasteiger charge is -2.40. The number of carbonyl (C=O) groups is 1. The monoisotopic (exact) mass is 328 g/mol. The number of ether oxygens (including phenoxy) is 1. The molecule has 2 atom stereocenters. The second-order valence-electron chi connectivity index (χ2n) is 4.14. The third kappa shape index (κ3) is 1.73. The summed E-state index contributed by atoms with van der Waals surface area (Å²) in [6.45, 7) is 0. The first-order valence-corrected chi connectivity index (χ1v) is 5.24. The van der Waals surface area contributed by atoms with E-state index < -0.39 is 40.0 Å². The van der Waals surface area contributed by atoms with Crippen LogP contribution >= 0.6 is 0 Å². The highest BCUT2D eigenvalue weighted by atomic mass is 19.4. The molecule has 0 saturated carbocycles. The van der Waals surface area contributed by atoms with Gasteiger partial charge in [0.1, 0.15) is 6.07 Å². The molecule has 1 heterocycles. The van der Waals surface area contributed by atoms with Crippen molar-refractivity contribution < 1.29 is 35.9 Å². The van der Waals surface area contributed by atoms with Crippen LogP contribution in [0.1, 0.15) is 0 Å². The Bertz CT molecular complexity index is 613. The second kappa shape index (κ2) is 4.76. The Kier molecular flexibility index (Phi) is 3.80. The number of methoxy groups -OCH3 is 1. The Morgan fingerprint density at radius 2 is 1.68 bits per heavy atom. The van der Waals surface area contributed by atoms with Gasteiger partial charge in [-0.2, -0.15) is 42.0 Å². The number of hydrazone groups is 1. The van der Waals surface area contributed by atoms with E-state index >= 15 is 0 Å². The van der Waals surface area contributed by atoms with Gasteiger partial charge in [0.05, 0.1) is 13.2 Å². The van der Waals surface area contributed by atoms with Gasteiger partial charge < -0.3 is 4.74 Å². The van der Waals surface area contributed by atoms with Crippen LogP contribution in [0.3, 0.4) is 0 Å². The van der Waals surface area contributed by atoms with Crippen molar-refractivity contribution in [1.29, 1.82) is 10.5 Å². The molecule has 0 fully saturated rings. The highest BCUT2D eigenvalue weighted by molar-refractivity contribution is 6.40. The van der Waals surface area contributed by atoms with Gasteiger partial charge in [0.25, 0.3) is 5.54 Å². The third-order valence-electron chi connectivity index (χ3n) is 3.18. The molecule has 0 N–H and O–H groups in total. The Balaban J connectivity index is 3.95. The molecule has 0 aromatic heterocycles. The van der Waals surface area contributed by atoms with Crippen LogP contribution in [0.4, 0.5) is 26.3 Å². The van der Waals surface area contributed by atoms with E-state index in [2.05, 4.69) is 9.84 Å². The van der Waals surface area contributed by atoms with Crippen molar-refractivity contribution in [2.45, 2.75) is 17.9 Å².